The number of esters is 1. The van der Waals surface area contributed by atoms with Crippen LogP contribution in [-0.4, -0.2) is 41.8 Å². The van der Waals surface area contributed by atoms with Gasteiger partial charge in [-0.3, -0.25) is 9.59 Å². The Hall–Kier alpha value is -1.14. The molecule has 0 aromatic rings. The monoisotopic (exact) mass is 232 g/mol. The van der Waals surface area contributed by atoms with Crippen molar-refractivity contribution >= 4 is 11.9 Å². The lowest BCUT2D eigenvalue weighted by molar-refractivity contribution is -0.154. The van der Waals surface area contributed by atoms with Crippen molar-refractivity contribution in [2.24, 2.45) is 5.73 Å². The normalized spacial score (nSPS) is 13.2. The Morgan fingerprint density at radius 1 is 1.44 bits per heavy atom. The summed E-state index contributed by atoms with van der Waals surface area (Å²) in [6.07, 6.45) is 0.198. The molecule has 6 nitrogen and oxygen atoms in total. The summed E-state index contributed by atoms with van der Waals surface area (Å²) in [4.78, 5) is 21.6. The molecular weight excluding hydrogens is 212 g/mol. The molecule has 4 N–H and O–H groups in total. The van der Waals surface area contributed by atoms with Gasteiger partial charge in [-0.2, -0.15) is 0 Å². The van der Waals surface area contributed by atoms with E-state index in [0.717, 1.165) is 0 Å². The zero-order valence-electron chi connectivity index (χ0n) is 9.95. The van der Waals surface area contributed by atoms with E-state index in [1.807, 2.05) is 0 Å². The molecule has 6 heteroatoms. The molecule has 0 amide bonds. The Labute approximate surface area is 95.1 Å². The average molecular weight is 232 g/mol. The van der Waals surface area contributed by atoms with Gasteiger partial charge in [-0.05, 0) is 20.8 Å². The Kier molecular flexibility index (Phi) is 5.98. The maximum atomic E-state index is 11.2. The van der Waals surface area contributed by atoms with Gasteiger partial charge in [-0.25, -0.2) is 0 Å². The highest BCUT2D eigenvalue weighted by Crippen LogP contribution is 2.07. The lowest BCUT2D eigenvalue weighted by Gasteiger charge is -2.19. The van der Waals surface area contributed by atoms with Gasteiger partial charge in [-0.15, -0.1) is 0 Å². The fraction of sp³-hybridized carbons (Fsp3) is 0.800. The first-order valence-electron chi connectivity index (χ1n) is 5.13. The van der Waals surface area contributed by atoms with Gasteiger partial charge in [0.05, 0.1) is 6.42 Å². The van der Waals surface area contributed by atoms with Crippen LogP contribution in [0.25, 0.3) is 0 Å². The third kappa shape index (κ3) is 8.19. The van der Waals surface area contributed by atoms with Crippen molar-refractivity contribution in [1.82, 2.24) is 5.32 Å². The van der Waals surface area contributed by atoms with Crippen LogP contribution in [0.1, 0.15) is 27.2 Å². The van der Waals surface area contributed by atoms with Gasteiger partial charge in [0.2, 0.25) is 0 Å². The molecular formula is C10H20N2O4. The van der Waals surface area contributed by atoms with E-state index >= 15 is 0 Å². The summed E-state index contributed by atoms with van der Waals surface area (Å²) in [6.45, 7) is 5.87. The number of rotatable bonds is 6. The summed E-state index contributed by atoms with van der Waals surface area (Å²) in [5, 5.41) is 11.3. The minimum atomic E-state index is -1.07. The van der Waals surface area contributed by atoms with E-state index in [0.29, 0.717) is 6.54 Å². The molecule has 0 aliphatic heterocycles. The van der Waals surface area contributed by atoms with Gasteiger partial charge < -0.3 is 20.9 Å². The molecule has 0 aliphatic carbocycles. The predicted octanol–water partition coefficient (Wildman–Crippen LogP) is -0.280. The number of nitrogens with two attached hydrogens (primary N) is 1. The van der Waals surface area contributed by atoms with Gasteiger partial charge in [0, 0.05) is 13.1 Å². The highest BCUT2D eigenvalue weighted by atomic mass is 16.6. The quantitative estimate of drug-likeness (QED) is 0.430. The molecule has 0 unspecified atom stereocenters. The van der Waals surface area contributed by atoms with E-state index in [9.17, 15) is 9.59 Å². The summed E-state index contributed by atoms with van der Waals surface area (Å²) >= 11 is 0. The predicted molar refractivity (Wildman–Crippen MR) is 58.9 cm³/mol. The molecule has 94 valence electrons. The van der Waals surface area contributed by atoms with E-state index in [1.54, 1.807) is 20.8 Å². The molecule has 0 aromatic carbocycles. The Morgan fingerprint density at radius 3 is 2.44 bits per heavy atom. The molecule has 1 atom stereocenters. The number of carboxylic acids is 1. The molecule has 0 fully saturated rings. The van der Waals surface area contributed by atoms with Crippen LogP contribution in [0.4, 0.5) is 0 Å². The molecule has 0 radical (unpaired) electrons. The first-order valence-corrected chi connectivity index (χ1v) is 5.13. The fourth-order valence-electron chi connectivity index (χ4n) is 0.928. The number of hydrogen-bond acceptors (Lipinski definition) is 5. The van der Waals surface area contributed by atoms with Gasteiger partial charge in [0.25, 0.3) is 0 Å². The number of ether oxygens (including phenoxy) is 1. The maximum absolute atomic E-state index is 11.2. The first kappa shape index (κ1) is 14.9. The second-order valence-electron chi connectivity index (χ2n) is 4.49. The van der Waals surface area contributed by atoms with Crippen molar-refractivity contribution in [2.45, 2.75) is 38.8 Å². The topological polar surface area (TPSA) is 102 Å². The van der Waals surface area contributed by atoms with Crippen LogP contribution in [0.3, 0.4) is 0 Å². The van der Waals surface area contributed by atoms with Crippen LogP contribution in [0.5, 0.6) is 0 Å². The lowest BCUT2D eigenvalue weighted by atomic mass is 10.2. The number of hydrogen-bond donors (Lipinski definition) is 3. The second kappa shape index (κ2) is 6.44. The van der Waals surface area contributed by atoms with E-state index in [4.69, 9.17) is 15.6 Å². The van der Waals surface area contributed by atoms with E-state index in [2.05, 4.69) is 5.32 Å². The molecule has 0 heterocycles. The second-order valence-corrected chi connectivity index (χ2v) is 4.49. The van der Waals surface area contributed by atoms with Crippen LogP contribution in [0.2, 0.25) is 0 Å². The van der Waals surface area contributed by atoms with E-state index in [-0.39, 0.29) is 18.9 Å². The van der Waals surface area contributed by atoms with E-state index < -0.39 is 17.6 Å². The zero-order valence-corrected chi connectivity index (χ0v) is 9.95. The molecule has 16 heavy (non-hydrogen) atoms. The van der Waals surface area contributed by atoms with Crippen molar-refractivity contribution in [3.05, 3.63) is 0 Å². The number of carboxylic acid groups (broad SMARTS) is 1. The standard InChI is InChI=1S/C10H20N2O4/c1-10(2,3)16-8(13)4-5-12-6-7(11)9(14)15/h7,12H,4-6,11H2,1-3H3,(H,14,15)/t7-/m1/s1. The Morgan fingerprint density at radius 2 is 2.00 bits per heavy atom. The minimum Gasteiger partial charge on any atom is -0.480 e. The van der Waals surface area contributed by atoms with Crippen LogP contribution in [0.15, 0.2) is 0 Å². The maximum Gasteiger partial charge on any atom is 0.321 e. The third-order valence-corrected chi connectivity index (χ3v) is 1.61. The summed E-state index contributed by atoms with van der Waals surface area (Å²) in [7, 11) is 0. The number of carbonyl (C=O) groups is 2. The van der Waals surface area contributed by atoms with Crippen LogP contribution in [-0.2, 0) is 14.3 Å². The van der Waals surface area contributed by atoms with E-state index in [1.165, 1.54) is 0 Å². The lowest BCUT2D eigenvalue weighted by Crippen LogP contribution is -2.41. The van der Waals surface area contributed by atoms with Crippen molar-refractivity contribution < 1.29 is 19.4 Å². The van der Waals surface area contributed by atoms with Crippen molar-refractivity contribution in [1.29, 1.82) is 0 Å². The summed E-state index contributed by atoms with van der Waals surface area (Å²) in [5.74, 6) is -1.38. The van der Waals surface area contributed by atoms with Crippen molar-refractivity contribution in [2.75, 3.05) is 13.1 Å². The summed E-state index contributed by atoms with van der Waals surface area (Å²) < 4.78 is 5.07. The highest BCUT2D eigenvalue weighted by molar-refractivity contribution is 5.73. The van der Waals surface area contributed by atoms with Crippen molar-refractivity contribution in [3.63, 3.8) is 0 Å². The van der Waals surface area contributed by atoms with Gasteiger partial charge >= 0.3 is 11.9 Å². The average Bonchev–Trinajstić information content (AvgIpc) is 2.08. The first-order chi connectivity index (χ1) is 7.22. The smallest absolute Gasteiger partial charge is 0.321 e. The molecule has 0 saturated heterocycles. The zero-order chi connectivity index (χ0) is 12.8. The van der Waals surface area contributed by atoms with Gasteiger partial charge in [0.1, 0.15) is 11.6 Å². The Balaban J connectivity index is 3.60. The highest BCUT2D eigenvalue weighted by Gasteiger charge is 2.16. The van der Waals surface area contributed by atoms with Crippen molar-refractivity contribution in [3.8, 4) is 0 Å². The number of nitrogens with one attached hydrogen (secondary N) is 1. The summed E-state index contributed by atoms with van der Waals surface area (Å²) in [5.41, 5.74) is 4.77. The molecule has 0 bridgehead atoms. The minimum absolute atomic E-state index is 0.137. The largest absolute Gasteiger partial charge is 0.480 e. The SMILES string of the molecule is CC(C)(C)OC(=O)CCNC[C@@H](N)C(=O)O. The molecule has 0 aliphatic rings. The van der Waals surface area contributed by atoms with Gasteiger partial charge in [-0.1, -0.05) is 0 Å². The molecule has 0 spiro atoms. The molecule has 0 aromatic heterocycles. The molecule has 0 saturated carbocycles. The third-order valence-electron chi connectivity index (χ3n) is 1.61. The van der Waals surface area contributed by atoms with Crippen LogP contribution >= 0.6 is 0 Å². The Bertz CT molecular complexity index is 248. The summed E-state index contributed by atoms with van der Waals surface area (Å²) in [6, 6.07) is -0.946. The number of carbonyl (C=O) groups excluding carboxylic acids is 1. The molecule has 0 rings (SSSR count). The fourth-order valence-corrected chi connectivity index (χ4v) is 0.928. The van der Waals surface area contributed by atoms with Crippen LogP contribution < -0.4 is 11.1 Å². The van der Waals surface area contributed by atoms with Gasteiger partial charge in [0.15, 0.2) is 0 Å². The number of aliphatic carboxylic acids is 1. The van der Waals surface area contributed by atoms with Crippen LogP contribution in [0, 0.1) is 0 Å².